The van der Waals surface area contributed by atoms with Crippen LogP contribution >= 0.6 is 0 Å². The van der Waals surface area contributed by atoms with Crippen molar-refractivity contribution < 1.29 is 27.8 Å². The van der Waals surface area contributed by atoms with Crippen LogP contribution in [0, 0.1) is 0 Å². The number of ether oxygens (including phenoxy) is 1. The van der Waals surface area contributed by atoms with Crippen LogP contribution in [0.2, 0.25) is 0 Å². The van der Waals surface area contributed by atoms with Gasteiger partial charge in [-0.05, 0) is 6.42 Å². The predicted octanol–water partition coefficient (Wildman–Crippen LogP) is 2.66. The van der Waals surface area contributed by atoms with Crippen LogP contribution in [0.25, 0.3) is 0 Å². The molecular weight excluding hydrogens is 253 g/mol. The molecule has 1 rings (SSSR count). The van der Waals surface area contributed by atoms with Gasteiger partial charge in [-0.2, -0.15) is 0 Å². The van der Waals surface area contributed by atoms with Crippen molar-refractivity contribution >= 4 is 6.16 Å². The van der Waals surface area contributed by atoms with Gasteiger partial charge in [-0.15, -0.1) is 13.2 Å². The first-order valence-electron chi connectivity index (χ1n) is 5.36. The minimum atomic E-state index is -5.08. The van der Waals surface area contributed by atoms with Gasteiger partial charge < -0.3 is 19.6 Å². The summed E-state index contributed by atoms with van der Waals surface area (Å²) in [5, 5.41) is 7.31. The summed E-state index contributed by atoms with van der Waals surface area (Å²) < 4.78 is 34.5. The lowest BCUT2D eigenvalue weighted by Gasteiger charge is -2.17. The second-order valence-electron chi connectivity index (χ2n) is 3.68. The number of rotatable bonds is 3. The minimum absolute atomic E-state index is 1.07. The van der Waals surface area contributed by atoms with Crippen molar-refractivity contribution in [2.45, 2.75) is 26.1 Å². The largest absolute Gasteiger partial charge is 0.577 e. The number of hydrogen-bond acceptors (Lipinski definition) is 4. The summed E-state index contributed by atoms with van der Waals surface area (Å²) in [6, 6.07) is 0. The Balaban J connectivity index is 0.000000331. The van der Waals surface area contributed by atoms with Gasteiger partial charge in [0.15, 0.2) is 0 Å². The molecule has 0 saturated heterocycles. The molecule has 1 heterocycles. The molecule has 8 heteroatoms. The molecule has 0 aromatic rings. The maximum atomic E-state index is 10.7. The van der Waals surface area contributed by atoms with Gasteiger partial charge in [0.25, 0.3) is 0 Å². The molecule has 1 aliphatic rings. The summed E-state index contributed by atoms with van der Waals surface area (Å²) in [5.41, 5.74) is 0. The van der Waals surface area contributed by atoms with E-state index in [4.69, 9.17) is 9.90 Å². The molecule has 0 aliphatic carbocycles. The third-order valence-corrected chi connectivity index (χ3v) is 1.94. The number of hydrogen-bond donors (Lipinski definition) is 1. The zero-order chi connectivity index (χ0) is 14.2. The molecule has 106 valence electrons. The van der Waals surface area contributed by atoms with Gasteiger partial charge in [0.2, 0.25) is 0 Å². The van der Waals surface area contributed by atoms with E-state index in [0.717, 1.165) is 6.67 Å². The number of nitrogens with zero attached hydrogens (tertiary/aromatic N) is 2. The van der Waals surface area contributed by atoms with Crippen LogP contribution in [0.3, 0.4) is 0 Å². The summed E-state index contributed by atoms with van der Waals surface area (Å²) in [6.07, 6.45) is -0.555. The van der Waals surface area contributed by atoms with E-state index >= 15 is 0 Å². The molecule has 0 radical (unpaired) electrons. The Kier molecular flexibility index (Phi) is 6.99. The Bertz CT molecular complexity index is 282. The molecule has 0 fully saturated rings. The molecular formula is C10H17F3N2O3. The highest BCUT2D eigenvalue weighted by molar-refractivity contribution is 5.56. The van der Waals surface area contributed by atoms with Crippen LogP contribution in [0.1, 0.15) is 19.8 Å². The normalized spacial score (nSPS) is 14.3. The highest BCUT2D eigenvalue weighted by atomic mass is 19.4. The van der Waals surface area contributed by atoms with Crippen LogP contribution in [-0.4, -0.2) is 47.7 Å². The first-order valence-corrected chi connectivity index (χ1v) is 5.36. The van der Waals surface area contributed by atoms with Gasteiger partial charge in [0.05, 0.1) is 6.67 Å². The summed E-state index contributed by atoms with van der Waals surface area (Å²) in [5.74, 6) is 0. The molecule has 0 aromatic heterocycles. The van der Waals surface area contributed by atoms with Gasteiger partial charge in [-0.1, -0.05) is 13.3 Å². The van der Waals surface area contributed by atoms with E-state index in [9.17, 15) is 13.2 Å². The van der Waals surface area contributed by atoms with Crippen molar-refractivity contribution in [1.29, 1.82) is 0 Å². The fourth-order valence-electron chi connectivity index (χ4n) is 1.19. The van der Waals surface area contributed by atoms with E-state index in [1.165, 1.54) is 19.4 Å². The van der Waals surface area contributed by atoms with Crippen LogP contribution in [-0.2, 0) is 4.74 Å². The van der Waals surface area contributed by atoms with Crippen LogP contribution in [0.4, 0.5) is 18.0 Å². The fourth-order valence-corrected chi connectivity index (χ4v) is 1.19. The van der Waals surface area contributed by atoms with Crippen molar-refractivity contribution in [2.75, 3.05) is 20.3 Å². The highest BCUT2D eigenvalue weighted by Crippen LogP contribution is 2.15. The average molecular weight is 270 g/mol. The van der Waals surface area contributed by atoms with E-state index in [1.54, 1.807) is 0 Å². The lowest BCUT2D eigenvalue weighted by molar-refractivity contribution is -0.297. The third-order valence-electron chi connectivity index (χ3n) is 1.94. The predicted molar refractivity (Wildman–Crippen MR) is 58.5 cm³/mol. The second-order valence-corrected chi connectivity index (χ2v) is 3.68. The number of carboxylic acid groups (broad SMARTS) is 1. The van der Waals surface area contributed by atoms with Crippen LogP contribution in [0.5, 0.6) is 0 Å². The summed E-state index contributed by atoms with van der Waals surface area (Å²) >= 11 is 0. The lowest BCUT2D eigenvalue weighted by atomic mass is 10.3. The molecule has 1 aliphatic heterocycles. The van der Waals surface area contributed by atoms with Crippen molar-refractivity contribution in [3.05, 3.63) is 12.4 Å². The van der Waals surface area contributed by atoms with Gasteiger partial charge in [0, 0.05) is 26.0 Å². The Hall–Kier alpha value is -1.60. The maximum Gasteiger partial charge on any atom is 0.577 e. The number of halogens is 3. The van der Waals surface area contributed by atoms with Gasteiger partial charge >= 0.3 is 12.5 Å². The van der Waals surface area contributed by atoms with Gasteiger partial charge in [0.1, 0.15) is 0 Å². The smallest absolute Gasteiger partial charge is 0.450 e. The second kappa shape index (κ2) is 7.67. The van der Waals surface area contributed by atoms with Crippen LogP contribution in [0.15, 0.2) is 12.4 Å². The third kappa shape index (κ3) is 9.61. The van der Waals surface area contributed by atoms with E-state index in [2.05, 4.69) is 40.9 Å². The standard InChI is InChI=1S/C8H16N2.C2HF3O3/c1-3-4-5-10-7-6-9(2)8-10;3-2(4,5)8-1(6)7/h6-7H,3-5,8H2,1-2H3;(H,6,7). The summed E-state index contributed by atoms with van der Waals surface area (Å²) in [7, 11) is 2.10. The monoisotopic (exact) mass is 270 g/mol. The zero-order valence-electron chi connectivity index (χ0n) is 10.3. The Morgan fingerprint density at radius 3 is 2.33 bits per heavy atom. The van der Waals surface area contributed by atoms with Crippen molar-refractivity contribution in [3.8, 4) is 0 Å². The number of alkyl halides is 3. The quantitative estimate of drug-likeness (QED) is 0.799. The maximum absolute atomic E-state index is 10.7. The van der Waals surface area contributed by atoms with E-state index in [0.29, 0.717) is 0 Å². The minimum Gasteiger partial charge on any atom is -0.450 e. The number of carbonyl (C=O) groups is 1. The molecule has 1 N–H and O–H groups in total. The average Bonchev–Trinajstić information content (AvgIpc) is 2.58. The SMILES string of the molecule is CCCCN1C=CN(C)C1.O=C(O)OC(F)(F)F. The molecule has 0 spiro atoms. The molecule has 0 aromatic carbocycles. The van der Waals surface area contributed by atoms with Crippen molar-refractivity contribution in [2.24, 2.45) is 0 Å². The molecule has 0 saturated carbocycles. The first-order chi connectivity index (χ1) is 8.24. The first kappa shape index (κ1) is 16.4. The lowest BCUT2D eigenvalue weighted by Crippen LogP contribution is -2.23. The fraction of sp³-hybridized carbons (Fsp3) is 0.700. The van der Waals surface area contributed by atoms with E-state index in [-0.39, 0.29) is 0 Å². The molecule has 0 atom stereocenters. The highest BCUT2D eigenvalue weighted by Gasteiger charge is 2.33. The Morgan fingerprint density at radius 1 is 1.44 bits per heavy atom. The van der Waals surface area contributed by atoms with Gasteiger partial charge in [-0.3, -0.25) is 0 Å². The topological polar surface area (TPSA) is 53.0 Å². The zero-order valence-corrected chi connectivity index (χ0v) is 10.3. The molecule has 0 bridgehead atoms. The Morgan fingerprint density at radius 2 is 2.06 bits per heavy atom. The van der Waals surface area contributed by atoms with Crippen molar-refractivity contribution in [3.63, 3.8) is 0 Å². The summed E-state index contributed by atoms with van der Waals surface area (Å²) in [4.78, 5) is 13.6. The molecule has 0 unspecified atom stereocenters. The molecule has 0 amide bonds. The Labute approximate surface area is 103 Å². The number of unbranched alkanes of at least 4 members (excludes halogenated alkanes) is 1. The molecule has 18 heavy (non-hydrogen) atoms. The van der Waals surface area contributed by atoms with E-state index in [1.807, 2.05) is 0 Å². The molecule has 5 nitrogen and oxygen atoms in total. The summed E-state index contributed by atoms with van der Waals surface area (Å²) in [6.45, 7) is 4.50. The van der Waals surface area contributed by atoms with Crippen molar-refractivity contribution in [1.82, 2.24) is 9.80 Å². The van der Waals surface area contributed by atoms with Crippen LogP contribution < -0.4 is 0 Å². The van der Waals surface area contributed by atoms with E-state index < -0.39 is 12.5 Å². The van der Waals surface area contributed by atoms with Gasteiger partial charge in [-0.25, -0.2) is 4.79 Å².